The highest BCUT2D eigenvalue weighted by Crippen LogP contribution is 2.27. The van der Waals surface area contributed by atoms with Crippen LogP contribution in [0.2, 0.25) is 10.0 Å². The van der Waals surface area contributed by atoms with Gasteiger partial charge in [-0.1, -0.05) is 60.5 Å². The smallest absolute Gasteiger partial charge is 0.264 e. The molecule has 0 aromatic heterocycles. The predicted octanol–water partition coefficient (Wildman–Crippen LogP) is 6.14. The van der Waals surface area contributed by atoms with Gasteiger partial charge in [0.2, 0.25) is 11.8 Å². The quantitative estimate of drug-likeness (QED) is 0.285. The number of amides is 2. The lowest BCUT2D eigenvalue weighted by atomic mass is 10.1. The fraction of sp³-hybridized carbons (Fsp3) is 0.333. The van der Waals surface area contributed by atoms with Gasteiger partial charge in [0.15, 0.2) is 0 Å². The predicted molar refractivity (Wildman–Crippen MR) is 161 cm³/mol. The van der Waals surface area contributed by atoms with Gasteiger partial charge in [0.25, 0.3) is 10.0 Å². The maximum absolute atomic E-state index is 14.0. The maximum atomic E-state index is 14.0. The Bertz CT molecular complexity index is 1440. The number of carbonyl (C=O) groups is 2. The number of hydrogen-bond donors (Lipinski definition) is 1. The number of rotatable bonds is 11. The molecule has 40 heavy (non-hydrogen) atoms. The van der Waals surface area contributed by atoms with Gasteiger partial charge < -0.3 is 10.2 Å². The molecule has 0 fully saturated rings. The molecule has 0 aliphatic carbocycles. The van der Waals surface area contributed by atoms with Gasteiger partial charge in [-0.05, 0) is 87.2 Å². The zero-order valence-electron chi connectivity index (χ0n) is 23.3. The fourth-order valence-electron chi connectivity index (χ4n) is 4.23. The van der Waals surface area contributed by atoms with E-state index in [4.69, 9.17) is 23.2 Å². The van der Waals surface area contributed by atoms with Gasteiger partial charge in [-0.3, -0.25) is 13.9 Å². The summed E-state index contributed by atoms with van der Waals surface area (Å²) in [5, 5.41) is 3.59. The summed E-state index contributed by atoms with van der Waals surface area (Å²) in [5.74, 6) is -0.886. The van der Waals surface area contributed by atoms with Crippen LogP contribution in [0.25, 0.3) is 0 Å². The summed E-state index contributed by atoms with van der Waals surface area (Å²) in [7, 11) is -4.12. The van der Waals surface area contributed by atoms with Crippen molar-refractivity contribution in [3.8, 4) is 0 Å². The Kier molecular flexibility index (Phi) is 10.6. The Hall–Kier alpha value is -3.07. The highest BCUT2D eigenvalue weighted by molar-refractivity contribution is 7.92. The molecule has 0 aliphatic rings. The topological polar surface area (TPSA) is 86.8 Å². The van der Waals surface area contributed by atoms with E-state index in [9.17, 15) is 18.0 Å². The summed E-state index contributed by atoms with van der Waals surface area (Å²) in [5.41, 5.74) is 2.71. The third-order valence-electron chi connectivity index (χ3n) is 6.61. The van der Waals surface area contributed by atoms with Crippen molar-refractivity contribution in [1.82, 2.24) is 10.2 Å². The van der Waals surface area contributed by atoms with E-state index >= 15 is 0 Å². The van der Waals surface area contributed by atoms with E-state index in [1.165, 1.54) is 17.0 Å². The van der Waals surface area contributed by atoms with E-state index in [0.717, 1.165) is 21.9 Å². The van der Waals surface area contributed by atoms with Crippen molar-refractivity contribution in [3.63, 3.8) is 0 Å². The highest BCUT2D eigenvalue weighted by Gasteiger charge is 2.33. The van der Waals surface area contributed by atoms with E-state index < -0.39 is 28.5 Å². The molecule has 3 aromatic rings. The van der Waals surface area contributed by atoms with E-state index in [-0.39, 0.29) is 23.4 Å². The number of aryl methyl sites for hydroxylation is 2. The molecule has 10 heteroatoms. The molecule has 0 saturated heterocycles. The Morgan fingerprint density at radius 1 is 0.900 bits per heavy atom. The van der Waals surface area contributed by atoms with Gasteiger partial charge in [0.1, 0.15) is 12.6 Å². The van der Waals surface area contributed by atoms with Crippen molar-refractivity contribution in [2.75, 3.05) is 10.8 Å². The number of nitrogens with zero attached hydrogens (tertiary/aromatic N) is 2. The number of nitrogens with one attached hydrogen (secondary N) is 1. The number of anilines is 1. The molecule has 2 atom stereocenters. The lowest BCUT2D eigenvalue weighted by Crippen LogP contribution is -2.52. The summed E-state index contributed by atoms with van der Waals surface area (Å²) in [4.78, 5) is 28.6. The van der Waals surface area contributed by atoms with Crippen LogP contribution in [-0.4, -0.2) is 43.8 Å². The van der Waals surface area contributed by atoms with Crippen LogP contribution in [-0.2, 0) is 26.2 Å². The second-order valence-electron chi connectivity index (χ2n) is 9.93. The van der Waals surface area contributed by atoms with Crippen molar-refractivity contribution in [2.45, 2.75) is 64.6 Å². The van der Waals surface area contributed by atoms with Crippen LogP contribution in [0.15, 0.2) is 71.6 Å². The van der Waals surface area contributed by atoms with Crippen molar-refractivity contribution in [2.24, 2.45) is 0 Å². The Morgan fingerprint density at radius 3 is 2.10 bits per heavy atom. The van der Waals surface area contributed by atoms with Gasteiger partial charge in [-0.2, -0.15) is 0 Å². The second kappa shape index (κ2) is 13.5. The van der Waals surface area contributed by atoms with Crippen LogP contribution >= 0.6 is 23.2 Å². The minimum absolute atomic E-state index is 0.0247. The summed E-state index contributed by atoms with van der Waals surface area (Å²) in [6.45, 7) is 8.70. The van der Waals surface area contributed by atoms with Gasteiger partial charge >= 0.3 is 0 Å². The molecule has 0 aliphatic heterocycles. The highest BCUT2D eigenvalue weighted by atomic mass is 35.5. The van der Waals surface area contributed by atoms with Crippen LogP contribution < -0.4 is 9.62 Å². The lowest BCUT2D eigenvalue weighted by Gasteiger charge is -2.32. The number of carbonyl (C=O) groups excluding carboxylic acids is 2. The Balaban J connectivity index is 2.06. The molecule has 1 N–H and O–H groups in total. The van der Waals surface area contributed by atoms with E-state index in [1.807, 2.05) is 33.8 Å². The number of benzene rings is 3. The molecule has 214 valence electrons. The Morgan fingerprint density at radius 2 is 1.52 bits per heavy atom. The lowest BCUT2D eigenvalue weighted by molar-refractivity contribution is -0.139. The van der Waals surface area contributed by atoms with Crippen LogP contribution in [0.3, 0.4) is 0 Å². The molecule has 0 heterocycles. The summed E-state index contributed by atoms with van der Waals surface area (Å²) in [6.07, 6.45) is 0.717. The molecule has 7 nitrogen and oxygen atoms in total. The Labute approximate surface area is 247 Å². The normalized spacial score (nSPS) is 12.9. The first-order valence-corrected chi connectivity index (χ1v) is 15.2. The fourth-order valence-corrected chi connectivity index (χ4v) is 5.97. The zero-order chi connectivity index (χ0) is 29.6. The summed E-state index contributed by atoms with van der Waals surface area (Å²) in [6, 6.07) is 17.3. The van der Waals surface area contributed by atoms with E-state index in [2.05, 4.69) is 5.32 Å². The molecular formula is C30H35Cl2N3O4S. The van der Waals surface area contributed by atoms with Crippen LogP contribution in [0.1, 0.15) is 43.9 Å². The van der Waals surface area contributed by atoms with Crippen LogP contribution in [0.5, 0.6) is 0 Å². The average molecular weight is 605 g/mol. The van der Waals surface area contributed by atoms with Crippen LogP contribution in [0, 0.1) is 13.8 Å². The van der Waals surface area contributed by atoms with Gasteiger partial charge in [0, 0.05) is 12.6 Å². The molecular weight excluding hydrogens is 569 g/mol. The first kappa shape index (κ1) is 31.5. The first-order chi connectivity index (χ1) is 18.8. The zero-order valence-corrected chi connectivity index (χ0v) is 25.6. The van der Waals surface area contributed by atoms with Gasteiger partial charge in [0.05, 0.1) is 20.6 Å². The van der Waals surface area contributed by atoms with Crippen molar-refractivity contribution >= 4 is 50.7 Å². The molecule has 2 amide bonds. The molecule has 3 rings (SSSR count). The number of halogens is 2. The minimum Gasteiger partial charge on any atom is -0.352 e. The second-order valence-corrected chi connectivity index (χ2v) is 12.6. The first-order valence-electron chi connectivity index (χ1n) is 13.0. The van der Waals surface area contributed by atoms with Crippen LogP contribution in [0.4, 0.5) is 5.69 Å². The molecule has 0 bridgehead atoms. The SMILES string of the molecule is CC[C@H](C)NC(=O)[C@@H](C)N(Cc1ccc(Cl)c(Cl)c1)C(=O)CN(c1cc(C)cc(C)c1)S(=O)(=O)c1ccccc1. The molecule has 0 unspecified atom stereocenters. The monoisotopic (exact) mass is 603 g/mol. The molecule has 3 aromatic carbocycles. The average Bonchev–Trinajstić information content (AvgIpc) is 2.91. The maximum Gasteiger partial charge on any atom is 0.264 e. The number of hydrogen-bond acceptors (Lipinski definition) is 4. The van der Waals surface area contributed by atoms with E-state index in [0.29, 0.717) is 21.3 Å². The van der Waals surface area contributed by atoms with Crippen molar-refractivity contribution in [3.05, 3.63) is 93.5 Å². The van der Waals surface area contributed by atoms with E-state index in [1.54, 1.807) is 55.5 Å². The molecule has 0 spiro atoms. The number of sulfonamides is 1. The summed E-state index contributed by atoms with van der Waals surface area (Å²) < 4.78 is 28.9. The third kappa shape index (κ3) is 7.77. The minimum atomic E-state index is -4.12. The standard InChI is InChI=1S/C30H35Cl2N3O4S/c1-6-22(4)33-30(37)23(5)34(18-24-12-13-27(31)28(32)17-24)29(36)19-35(25-15-20(2)14-21(3)16-25)40(38,39)26-10-8-7-9-11-26/h7-17,22-23H,6,18-19H2,1-5H3,(H,33,37)/t22-,23+/m0/s1. The van der Waals surface area contributed by atoms with Gasteiger partial charge in [-0.25, -0.2) is 8.42 Å². The van der Waals surface area contributed by atoms with Crippen molar-refractivity contribution < 1.29 is 18.0 Å². The molecule has 0 saturated carbocycles. The third-order valence-corrected chi connectivity index (χ3v) is 9.14. The molecule has 0 radical (unpaired) electrons. The van der Waals surface area contributed by atoms with Gasteiger partial charge in [-0.15, -0.1) is 0 Å². The summed E-state index contributed by atoms with van der Waals surface area (Å²) >= 11 is 12.3. The largest absolute Gasteiger partial charge is 0.352 e. The van der Waals surface area contributed by atoms with Crippen molar-refractivity contribution in [1.29, 1.82) is 0 Å².